The molecule has 8 nitrogen and oxygen atoms in total. The molecule has 0 spiro atoms. The zero-order valence-corrected chi connectivity index (χ0v) is 19.6. The molecule has 3 aromatic rings. The minimum atomic E-state index is 0.284. The zero-order chi connectivity index (χ0) is 22.9. The number of likely N-dealkylation sites (N-methyl/N-ethyl adjacent to an activating group) is 1. The molecule has 0 amide bonds. The molecule has 0 saturated carbocycles. The maximum absolute atomic E-state index is 6.14. The van der Waals surface area contributed by atoms with Crippen LogP contribution in [0.1, 0.15) is 43.5 Å². The lowest BCUT2D eigenvalue weighted by Crippen LogP contribution is -2.44. The Morgan fingerprint density at radius 3 is 2.64 bits per heavy atom. The lowest BCUT2D eigenvalue weighted by Gasteiger charge is -2.33. The Morgan fingerprint density at radius 1 is 1.06 bits per heavy atom. The lowest BCUT2D eigenvalue weighted by molar-refractivity contribution is 0.311. The van der Waals surface area contributed by atoms with E-state index < -0.39 is 0 Å². The first-order valence-corrected chi connectivity index (χ1v) is 11.5. The molecule has 1 N–H and O–H groups in total. The topological polar surface area (TPSA) is 79.5 Å². The van der Waals surface area contributed by atoms with Crippen molar-refractivity contribution in [1.29, 1.82) is 0 Å². The van der Waals surface area contributed by atoms with E-state index in [-0.39, 0.29) is 5.92 Å². The largest absolute Gasteiger partial charge is 0.424 e. The third kappa shape index (κ3) is 4.85. The summed E-state index contributed by atoms with van der Waals surface area (Å²) in [5, 5.41) is 7.36. The summed E-state index contributed by atoms with van der Waals surface area (Å²) >= 11 is 0. The van der Waals surface area contributed by atoms with Crippen molar-refractivity contribution in [2.45, 2.75) is 33.1 Å². The number of benzene rings is 1. The minimum Gasteiger partial charge on any atom is -0.424 e. The van der Waals surface area contributed by atoms with E-state index in [4.69, 9.17) is 14.2 Å². The predicted octanol–water partition coefficient (Wildman–Crippen LogP) is 4.84. The summed E-state index contributed by atoms with van der Waals surface area (Å²) in [6.07, 6.45) is 3.20. The molecular formula is C25H30N6O2. The van der Waals surface area contributed by atoms with Gasteiger partial charge < -0.3 is 24.4 Å². The number of hydrogen-bond donors (Lipinski definition) is 1. The normalized spacial score (nSPS) is 16.2. The number of piperazine rings is 1. The van der Waals surface area contributed by atoms with Crippen LogP contribution in [0.5, 0.6) is 11.8 Å². The van der Waals surface area contributed by atoms with Gasteiger partial charge in [-0.1, -0.05) is 36.7 Å². The second-order valence-corrected chi connectivity index (χ2v) is 9.21. The van der Waals surface area contributed by atoms with Crippen molar-refractivity contribution in [2.24, 2.45) is 0 Å². The number of anilines is 3. The number of hydrogen-bond acceptors (Lipinski definition) is 8. The van der Waals surface area contributed by atoms with Crippen molar-refractivity contribution in [3.05, 3.63) is 52.7 Å². The summed E-state index contributed by atoms with van der Waals surface area (Å²) in [7, 11) is 2.14. The first-order valence-electron chi connectivity index (χ1n) is 11.5. The van der Waals surface area contributed by atoms with Gasteiger partial charge in [0.15, 0.2) is 0 Å². The summed E-state index contributed by atoms with van der Waals surface area (Å²) in [4.78, 5) is 13.9. The Hall–Kier alpha value is -3.39. The van der Waals surface area contributed by atoms with Gasteiger partial charge in [0.25, 0.3) is 0 Å². The fourth-order valence-corrected chi connectivity index (χ4v) is 4.12. The Morgan fingerprint density at radius 2 is 1.88 bits per heavy atom. The molecule has 8 heteroatoms. The molecule has 1 aromatic carbocycles. The highest BCUT2D eigenvalue weighted by Gasteiger charge is 2.19. The fourth-order valence-electron chi connectivity index (χ4n) is 4.12. The van der Waals surface area contributed by atoms with Gasteiger partial charge in [-0.3, -0.25) is 0 Å². The smallest absolute Gasteiger partial charge is 0.325 e. The molecule has 1 aliphatic carbocycles. The standard InChI is InChI=1S/C25H30N6O2/c1-16(2)21-14-24(33-29-21)26-22-15-23(31-9-7-30(4)8-10-31)28-25(27-22)32-20-6-5-18-11-17(3)12-19(18)13-20/h5-6,12-16H,7-11H2,1-4H3,(H,26,27,28). The van der Waals surface area contributed by atoms with Gasteiger partial charge in [0, 0.05) is 38.3 Å². The second-order valence-electron chi connectivity index (χ2n) is 9.21. The maximum atomic E-state index is 6.14. The van der Waals surface area contributed by atoms with E-state index >= 15 is 0 Å². The van der Waals surface area contributed by atoms with Crippen LogP contribution in [0.25, 0.3) is 6.08 Å². The molecule has 1 fully saturated rings. The molecule has 172 valence electrons. The maximum Gasteiger partial charge on any atom is 0.325 e. The quantitative estimate of drug-likeness (QED) is 0.576. The molecule has 3 heterocycles. The van der Waals surface area contributed by atoms with Crippen LogP contribution in [0.15, 0.2) is 40.4 Å². The Labute approximate surface area is 194 Å². The molecular weight excluding hydrogens is 416 g/mol. The van der Waals surface area contributed by atoms with E-state index in [1.54, 1.807) is 0 Å². The minimum absolute atomic E-state index is 0.284. The highest BCUT2D eigenvalue weighted by molar-refractivity contribution is 5.65. The first kappa shape index (κ1) is 21.5. The van der Waals surface area contributed by atoms with E-state index in [2.05, 4.69) is 71.3 Å². The fraction of sp³-hybridized carbons (Fsp3) is 0.400. The Balaban J connectivity index is 1.43. The molecule has 1 aliphatic heterocycles. The summed E-state index contributed by atoms with van der Waals surface area (Å²) in [6.45, 7) is 10.1. The number of nitrogens with one attached hydrogen (secondary N) is 1. The van der Waals surface area contributed by atoms with Crippen LogP contribution in [0.4, 0.5) is 17.5 Å². The number of rotatable bonds is 6. The highest BCUT2D eigenvalue weighted by atomic mass is 16.5. The van der Waals surface area contributed by atoms with Crippen molar-refractivity contribution in [3.8, 4) is 11.8 Å². The van der Waals surface area contributed by atoms with Gasteiger partial charge in [0.2, 0.25) is 5.88 Å². The van der Waals surface area contributed by atoms with Crippen LogP contribution in [-0.2, 0) is 6.42 Å². The van der Waals surface area contributed by atoms with Crippen molar-refractivity contribution in [2.75, 3.05) is 43.4 Å². The summed E-state index contributed by atoms with van der Waals surface area (Å²) in [5.74, 6) is 2.99. The molecule has 0 bridgehead atoms. The summed E-state index contributed by atoms with van der Waals surface area (Å²) < 4.78 is 11.6. The average molecular weight is 447 g/mol. The first-order chi connectivity index (χ1) is 15.9. The van der Waals surface area contributed by atoms with E-state index in [1.807, 2.05) is 18.2 Å². The van der Waals surface area contributed by atoms with Crippen molar-refractivity contribution in [3.63, 3.8) is 0 Å². The zero-order valence-electron chi connectivity index (χ0n) is 19.6. The second kappa shape index (κ2) is 8.86. The Kier molecular flexibility index (Phi) is 5.76. The van der Waals surface area contributed by atoms with Gasteiger partial charge >= 0.3 is 6.01 Å². The number of nitrogens with zero attached hydrogens (tertiary/aromatic N) is 5. The van der Waals surface area contributed by atoms with Crippen LogP contribution in [0.2, 0.25) is 0 Å². The number of aromatic nitrogens is 3. The van der Waals surface area contributed by atoms with E-state index in [0.717, 1.165) is 49.9 Å². The van der Waals surface area contributed by atoms with Gasteiger partial charge in [-0.05, 0) is 49.6 Å². The summed E-state index contributed by atoms with van der Waals surface area (Å²) in [6, 6.07) is 10.3. The number of fused-ring (bicyclic) bond motifs is 1. The monoisotopic (exact) mass is 446 g/mol. The van der Waals surface area contributed by atoms with Crippen LogP contribution in [0, 0.1) is 0 Å². The molecule has 1 saturated heterocycles. The molecule has 0 atom stereocenters. The molecule has 33 heavy (non-hydrogen) atoms. The Bertz CT molecular complexity index is 1180. The van der Waals surface area contributed by atoms with Gasteiger partial charge in [-0.15, -0.1) is 0 Å². The predicted molar refractivity (Wildman–Crippen MR) is 129 cm³/mol. The average Bonchev–Trinajstić information content (AvgIpc) is 3.39. The SMILES string of the molecule is CC1=Cc2cc(Oc3nc(Nc4cc(C(C)C)no4)cc(N4CCN(C)CC4)n3)ccc2C1. The van der Waals surface area contributed by atoms with Crippen molar-refractivity contribution >= 4 is 23.6 Å². The third-order valence-electron chi connectivity index (χ3n) is 6.09. The van der Waals surface area contributed by atoms with Crippen molar-refractivity contribution in [1.82, 2.24) is 20.0 Å². The van der Waals surface area contributed by atoms with Gasteiger partial charge in [0.05, 0.1) is 5.69 Å². The van der Waals surface area contributed by atoms with Crippen LogP contribution in [-0.4, -0.2) is 53.3 Å². The van der Waals surface area contributed by atoms with Crippen LogP contribution in [0.3, 0.4) is 0 Å². The molecule has 2 aromatic heterocycles. The molecule has 5 rings (SSSR count). The highest BCUT2D eigenvalue weighted by Crippen LogP contribution is 2.31. The number of ether oxygens (including phenoxy) is 1. The van der Waals surface area contributed by atoms with Crippen molar-refractivity contribution < 1.29 is 9.26 Å². The third-order valence-corrected chi connectivity index (χ3v) is 6.09. The number of allylic oxidation sites excluding steroid dienone is 1. The lowest BCUT2D eigenvalue weighted by atomic mass is 10.1. The van der Waals surface area contributed by atoms with E-state index in [1.165, 1.54) is 16.7 Å². The molecule has 0 radical (unpaired) electrons. The molecule has 2 aliphatic rings. The van der Waals surface area contributed by atoms with Crippen LogP contribution < -0.4 is 15.0 Å². The van der Waals surface area contributed by atoms with Gasteiger partial charge in [-0.2, -0.15) is 9.97 Å². The van der Waals surface area contributed by atoms with E-state index in [9.17, 15) is 0 Å². The van der Waals surface area contributed by atoms with Crippen LogP contribution >= 0.6 is 0 Å². The van der Waals surface area contributed by atoms with Gasteiger partial charge in [0.1, 0.15) is 17.4 Å². The van der Waals surface area contributed by atoms with E-state index in [0.29, 0.717) is 17.7 Å². The molecule has 0 unspecified atom stereocenters. The van der Waals surface area contributed by atoms with Gasteiger partial charge in [-0.25, -0.2) is 0 Å². The summed E-state index contributed by atoms with van der Waals surface area (Å²) in [5.41, 5.74) is 4.76.